The molecule has 0 radical (unpaired) electrons. The van der Waals surface area contributed by atoms with Crippen LogP contribution in [0.2, 0.25) is 0 Å². The molecular weight excluding hydrogens is 483 g/mol. The van der Waals surface area contributed by atoms with Crippen molar-refractivity contribution in [3.8, 4) is 16.9 Å². The molecule has 1 atom stereocenters. The van der Waals surface area contributed by atoms with Crippen LogP contribution in [0.4, 0.5) is 4.39 Å². The van der Waals surface area contributed by atoms with E-state index in [1.807, 2.05) is 62.7 Å². The number of aryl methyl sites for hydroxylation is 3. The van der Waals surface area contributed by atoms with Gasteiger partial charge in [-0.2, -0.15) is 0 Å². The van der Waals surface area contributed by atoms with Crippen molar-refractivity contribution in [2.24, 2.45) is 0 Å². The summed E-state index contributed by atoms with van der Waals surface area (Å²) in [5, 5.41) is 11.1. The van der Waals surface area contributed by atoms with Crippen LogP contribution in [0.3, 0.4) is 0 Å². The van der Waals surface area contributed by atoms with Crippen molar-refractivity contribution in [3.05, 3.63) is 82.4 Å². The van der Waals surface area contributed by atoms with Crippen LogP contribution in [-0.4, -0.2) is 32.8 Å². The maximum atomic E-state index is 13.9. The Hall–Kier alpha value is -3.71. The van der Waals surface area contributed by atoms with Gasteiger partial charge in [-0.25, -0.2) is 14.2 Å². The van der Waals surface area contributed by atoms with Crippen LogP contribution in [0.5, 0.6) is 5.75 Å². The Labute approximate surface area is 222 Å². The van der Waals surface area contributed by atoms with Crippen molar-refractivity contribution >= 4 is 17.0 Å². The lowest BCUT2D eigenvalue weighted by Gasteiger charge is -2.28. The minimum absolute atomic E-state index is 0.234. The summed E-state index contributed by atoms with van der Waals surface area (Å²) in [6.45, 7) is 10.3. The highest BCUT2D eigenvalue weighted by Crippen LogP contribution is 2.41. The third-order valence-electron chi connectivity index (χ3n) is 6.87. The minimum Gasteiger partial charge on any atom is -0.493 e. The third kappa shape index (κ3) is 5.03. The van der Waals surface area contributed by atoms with Gasteiger partial charge >= 0.3 is 5.97 Å². The first-order chi connectivity index (χ1) is 18.0. The topological polar surface area (TPSA) is 73.6 Å². The Bertz CT molecular complexity index is 1530. The predicted octanol–water partition coefficient (Wildman–Crippen LogP) is 6.77. The van der Waals surface area contributed by atoms with Gasteiger partial charge in [-0.3, -0.25) is 0 Å². The van der Waals surface area contributed by atoms with Crippen molar-refractivity contribution < 1.29 is 23.8 Å². The van der Waals surface area contributed by atoms with Crippen LogP contribution in [0.15, 0.2) is 48.7 Å². The number of benzene rings is 2. The lowest BCUT2D eigenvalue weighted by Crippen LogP contribution is -2.28. The molecule has 0 saturated carbocycles. The van der Waals surface area contributed by atoms with Crippen LogP contribution in [0.1, 0.15) is 61.2 Å². The molecule has 0 saturated heterocycles. The Kier molecular flexibility index (Phi) is 6.73. The van der Waals surface area contributed by atoms with Gasteiger partial charge < -0.3 is 19.1 Å². The third-order valence-corrected chi connectivity index (χ3v) is 6.87. The Morgan fingerprint density at radius 2 is 1.97 bits per heavy atom. The molecule has 6 nitrogen and oxygen atoms in total. The number of aromatic nitrogens is 2. The molecule has 0 amide bonds. The molecule has 1 aliphatic heterocycles. The van der Waals surface area contributed by atoms with E-state index in [1.54, 1.807) is 13.0 Å². The predicted molar refractivity (Wildman–Crippen MR) is 145 cm³/mol. The first-order valence-electron chi connectivity index (χ1n) is 12.9. The largest absolute Gasteiger partial charge is 0.493 e. The van der Waals surface area contributed by atoms with Crippen LogP contribution >= 0.6 is 0 Å². The minimum atomic E-state index is -1.20. The number of hydrogen-bond donors (Lipinski definition) is 1. The Morgan fingerprint density at radius 1 is 1.18 bits per heavy atom. The van der Waals surface area contributed by atoms with Crippen molar-refractivity contribution in [3.63, 3.8) is 0 Å². The van der Waals surface area contributed by atoms with Gasteiger partial charge in [0.1, 0.15) is 17.2 Å². The van der Waals surface area contributed by atoms with Gasteiger partial charge in [-0.05, 0) is 94.0 Å². The number of ether oxygens (including phenoxy) is 2. The standard InChI is InChI=1S/C31H33FN2O4/c1-18-15-20(8-10-24(18)32)17-34-13-12-23-27(22-9-11-25-21(16-22)7-6-14-37-25)26(19(2)33-29(23)34)28(30(35)36)38-31(3,4)5/h8-13,15-16,28H,6-7,14,17H2,1-5H3,(H,35,36)/t28-/m0/s1. The van der Waals surface area contributed by atoms with Crippen LogP contribution in [0.25, 0.3) is 22.2 Å². The van der Waals surface area contributed by atoms with Gasteiger partial charge in [0.2, 0.25) is 0 Å². The monoisotopic (exact) mass is 516 g/mol. The highest BCUT2D eigenvalue weighted by atomic mass is 19.1. The molecule has 38 heavy (non-hydrogen) atoms. The second-order valence-corrected chi connectivity index (χ2v) is 11.0. The fourth-order valence-corrected chi connectivity index (χ4v) is 5.19. The molecule has 2 aromatic carbocycles. The summed E-state index contributed by atoms with van der Waals surface area (Å²) >= 11 is 0. The van der Waals surface area contributed by atoms with Crippen molar-refractivity contribution in [1.29, 1.82) is 0 Å². The molecule has 7 heteroatoms. The normalized spacial score (nSPS) is 14.3. The van der Waals surface area contributed by atoms with E-state index in [-0.39, 0.29) is 5.82 Å². The zero-order valence-electron chi connectivity index (χ0n) is 22.5. The van der Waals surface area contributed by atoms with Crippen molar-refractivity contribution in [2.75, 3.05) is 6.61 Å². The first kappa shape index (κ1) is 25.9. The summed E-state index contributed by atoms with van der Waals surface area (Å²) in [7, 11) is 0. The lowest BCUT2D eigenvalue weighted by molar-refractivity contribution is -0.160. The van der Waals surface area contributed by atoms with E-state index in [4.69, 9.17) is 14.5 Å². The summed E-state index contributed by atoms with van der Waals surface area (Å²) in [4.78, 5) is 17.5. The molecule has 4 aromatic rings. The fraction of sp³-hybridized carbons (Fsp3) is 0.355. The lowest BCUT2D eigenvalue weighted by atomic mass is 9.90. The van der Waals surface area contributed by atoms with Gasteiger partial charge in [0.05, 0.1) is 12.2 Å². The van der Waals surface area contributed by atoms with E-state index in [0.717, 1.165) is 51.9 Å². The molecule has 0 fully saturated rings. The van der Waals surface area contributed by atoms with Crippen LogP contribution < -0.4 is 4.74 Å². The van der Waals surface area contributed by atoms with E-state index >= 15 is 0 Å². The van der Waals surface area contributed by atoms with E-state index in [1.165, 1.54) is 6.07 Å². The van der Waals surface area contributed by atoms with E-state index in [2.05, 4.69) is 6.07 Å². The quantitative estimate of drug-likeness (QED) is 0.306. The second-order valence-electron chi connectivity index (χ2n) is 11.0. The van der Waals surface area contributed by atoms with E-state index in [9.17, 15) is 14.3 Å². The van der Waals surface area contributed by atoms with Crippen molar-refractivity contribution in [1.82, 2.24) is 9.55 Å². The van der Waals surface area contributed by atoms with Crippen molar-refractivity contribution in [2.45, 2.75) is 65.7 Å². The zero-order chi connectivity index (χ0) is 27.2. The number of halogens is 1. The zero-order valence-corrected chi connectivity index (χ0v) is 22.5. The summed E-state index contributed by atoms with van der Waals surface area (Å²) in [5.74, 6) is -0.427. The number of nitrogens with zero attached hydrogens (tertiary/aromatic N) is 2. The Balaban J connectivity index is 1.73. The molecular formula is C31H33FN2O4. The van der Waals surface area contributed by atoms with Crippen LogP contribution in [-0.2, 0) is 22.5 Å². The van der Waals surface area contributed by atoms with E-state index in [0.29, 0.717) is 30.0 Å². The molecule has 5 rings (SSSR count). The molecule has 1 N–H and O–H groups in total. The van der Waals surface area contributed by atoms with Gasteiger partial charge in [0, 0.05) is 34.9 Å². The fourth-order valence-electron chi connectivity index (χ4n) is 5.19. The molecule has 2 aromatic heterocycles. The summed E-state index contributed by atoms with van der Waals surface area (Å²) in [5.41, 5.74) is 5.54. The Morgan fingerprint density at radius 3 is 2.68 bits per heavy atom. The number of carboxylic acids is 1. The van der Waals surface area contributed by atoms with E-state index < -0.39 is 17.7 Å². The maximum Gasteiger partial charge on any atom is 0.337 e. The number of rotatable bonds is 6. The summed E-state index contributed by atoms with van der Waals surface area (Å²) in [6, 6.07) is 13.1. The highest BCUT2D eigenvalue weighted by molar-refractivity contribution is 5.98. The smallest absolute Gasteiger partial charge is 0.337 e. The maximum absolute atomic E-state index is 13.9. The summed E-state index contributed by atoms with van der Waals surface area (Å²) in [6.07, 6.45) is 2.59. The molecule has 0 unspecified atom stereocenters. The average Bonchev–Trinajstić information content (AvgIpc) is 3.25. The van der Waals surface area contributed by atoms with Gasteiger partial charge in [0.15, 0.2) is 6.10 Å². The SMILES string of the molecule is Cc1cc(Cn2ccc3c(-c4ccc5c(c4)CCCO5)c([C@H](OC(C)(C)C)C(=O)O)c(C)nc32)ccc1F. The molecule has 0 spiro atoms. The first-order valence-corrected chi connectivity index (χ1v) is 12.9. The number of carbonyl (C=O) groups is 1. The highest BCUT2D eigenvalue weighted by Gasteiger charge is 2.33. The van der Waals surface area contributed by atoms with Gasteiger partial charge in [-0.1, -0.05) is 18.2 Å². The molecule has 1 aliphatic rings. The molecule has 0 bridgehead atoms. The number of pyridine rings is 1. The van der Waals surface area contributed by atoms with Gasteiger partial charge in [-0.15, -0.1) is 0 Å². The summed E-state index contributed by atoms with van der Waals surface area (Å²) < 4.78 is 27.8. The molecule has 198 valence electrons. The molecule has 3 heterocycles. The number of hydrogen-bond acceptors (Lipinski definition) is 4. The molecule has 0 aliphatic carbocycles. The number of fused-ring (bicyclic) bond motifs is 2. The average molecular weight is 517 g/mol. The van der Waals surface area contributed by atoms with Crippen LogP contribution in [0, 0.1) is 19.7 Å². The number of carboxylic acid groups (broad SMARTS) is 1. The number of aliphatic carboxylic acids is 1. The second kappa shape index (κ2) is 9.87. The van der Waals surface area contributed by atoms with Gasteiger partial charge in [0.25, 0.3) is 0 Å².